The molecule has 0 atom stereocenters. The van der Waals surface area contributed by atoms with Crippen LogP contribution in [0.5, 0.6) is 5.75 Å². The molecule has 0 bridgehead atoms. The molecule has 74 valence electrons. The van der Waals surface area contributed by atoms with Crippen LogP contribution in [0.3, 0.4) is 0 Å². The fourth-order valence-electron chi connectivity index (χ4n) is 1.36. The molecule has 0 amide bonds. The lowest BCUT2D eigenvalue weighted by molar-refractivity contribution is 0.419. The van der Waals surface area contributed by atoms with E-state index in [0.717, 1.165) is 0 Å². The SMILES string of the molecule is COc1ccc(F)c2c1cc(Cl)n2I. The van der Waals surface area contributed by atoms with Crippen molar-refractivity contribution >= 4 is 45.4 Å². The molecule has 2 nitrogen and oxygen atoms in total. The minimum Gasteiger partial charge on any atom is -0.496 e. The van der Waals surface area contributed by atoms with Gasteiger partial charge in [-0.05, 0) is 18.2 Å². The highest BCUT2D eigenvalue weighted by atomic mass is 127. The van der Waals surface area contributed by atoms with E-state index in [4.69, 9.17) is 16.3 Å². The summed E-state index contributed by atoms with van der Waals surface area (Å²) in [5.41, 5.74) is 0.454. The largest absolute Gasteiger partial charge is 0.496 e. The second kappa shape index (κ2) is 3.58. The van der Waals surface area contributed by atoms with Crippen molar-refractivity contribution in [1.82, 2.24) is 2.78 Å². The summed E-state index contributed by atoms with van der Waals surface area (Å²) >= 11 is 7.83. The van der Waals surface area contributed by atoms with Gasteiger partial charge in [0.2, 0.25) is 0 Å². The van der Waals surface area contributed by atoms with E-state index in [2.05, 4.69) is 0 Å². The van der Waals surface area contributed by atoms with E-state index in [1.165, 1.54) is 6.07 Å². The summed E-state index contributed by atoms with van der Waals surface area (Å²) in [6.45, 7) is 0. The Hall–Kier alpha value is -0.490. The molecule has 0 fully saturated rings. The highest BCUT2D eigenvalue weighted by Gasteiger charge is 2.13. The molecule has 0 radical (unpaired) electrons. The number of benzene rings is 1. The van der Waals surface area contributed by atoms with E-state index >= 15 is 0 Å². The van der Waals surface area contributed by atoms with Gasteiger partial charge in [-0.15, -0.1) is 0 Å². The second-order valence-electron chi connectivity index (χ2n) is 2.76. The maximum atomic E-state index is 13.4. The van der Waals surface area contributed by atoms with Crippen LogP contribution in [0.25, 0.3) is 10.9 Å². The van der Waals surface area contributed by atoms with Crippen LogP contribution in [-0.2, 0) is 0 Å². The van der Waals surface area contributed by atoms with Crippen molar-refractivity contribution in [1.29, 1.82) is 0 Å². The van der Waals surface area contributed by atoms with Crippen molar-refractivity contribution in [3.8, 4) is 5.75 Å². The maximum absolute atomic E-state index is 13.4. The van der Waals surface area contributed by atoms with Gasteiger partial charge >= 0.3 is 0 Å². The molecule has 14 heavy (non-hydrogen) atoms. The number of hydrogen-bond donors (Lipinski definition) is 0. The van der Waals surface area contributed by atoms with Gasteiger partial charge < -0.3 is 4.74 Å². The lowest BCUT2D eigenvalue weighted by Gasteiger charge is -2.02. The third kappa shape index (κ3) is 1.37. The summed E-state index contributed by atoms with van der Waals surface area (Å²) in [6, 6.07) is 4.64. The van der Waals surface area contributed by atoms with Crippen LogP contribution >= 0.6 is 34.5 Å². The van der Waals surface area contributed by atoms with Gasteiger partial charge in [0.25, 0.3) is 0 Å². The van der Waals surface area contributed by atoms with E-state index in [1.807, 2.05) is 22.9 Å². The number of ether oxygens (including phenoxy) is 1. The van der Waals surface area contributed by atoms with Crippen molar-refractivity contribution in [2.45, 2.75) is 0 Å². The predicted octanol–water partition coefficient (Wildman–Crippen LogP) is 3.64. The zero-order chi connectivity index (χ0) is 10.3. The second-order valence-corrected chi connectivity index (χ2v) is 4.11. The molecule has 0 unspecified atom stereocenters. The van der Waals surface area contributed by atoms with Gasteiger partial charge in [0.1, 0.15) is 16.7 Å². The van der Waals surface area contributed by atoms with Crippen LogP contribution in [0.4, 0.5) is 4.39 Å². The van der Waals surface area contributed by atoms with Crippen LogP contribution in [-0.4, -0.2) is 9.89 Å². The Morgan fingerprint density at radius 1 is 1.50 bits per heavy atom. The molecule has 2 rings (SSSR count). The molecule has 1 aromatic carbocycles. The lowest BCUT2D eigenvalue weighted by atomic mass is 10.2. The highest BCUT2D eigenvalue weighted by molar-refractivity contribution is 14.1. The summed E-state index contributed by atoms with van der Waals surface area (Å²) in [5, 5.41) is 1.16. The minimum atomic E-state index is -0.304. The summed E-state index contributed by atoms with van der Waals surface area (Å²) < 4.78 is 20.1. The highest BCUT2D eigenvalue weighted by Crippen LogP contribution is 2.34. The number of methoxy groups -OCH3 is 1. The smallest absolute Gasteiger partial charge is 0.148 e. The lowest BCUT2D eigenvalue weighted by Crippen LogP contribution is -1.87. The zero-order valence-corrected chi connectivity index (χ0v) is 10.1. The van der Waals surface area contributed by atoms with E-state index in [-0.39, 0.29) is 5.82 Å². The first-order valence-electron chi connectivity index (χ1n) is 3.84. The van der Waals surface area contributed by atoms with Gasteiger partial charge in [-0.25, -0.2) is 4.39 Å². The number of hydrogen-bond acceptors (Lipinski definition) is 1. The van der Waals surface area contributed by atoms with Gasteiger partial charge in [0.15, 0.2) is 0 Å². The van der Waals surface area contributed by atoms with Gasteiger partial charge in [0, 0.05) is 5.39 Å². The van der Waals surface area contributed by atoms with Crippen LogP contribution < -0.4 is 4.74 Å². The Labute approximate surface area is 99.1 Å². The molecule has 0 saturated heterocycles. The van der Waals surface area contributed by atoms with E-state index < -0.39 is 0 Å². The first kappa shape index (κ1) is 10.0. The van der Waals surface area contributed by atoms with Crippen molar-refractivity contribution in [2.24, 2.45) is 0 Å². The van der Waals surface area contributed by atoms with Gasteiger partial charge in [-0.3, -0.25) is 2.78 Å². The van der Waals surface area contributed by atoms with Crippen molar-refractivity contribution in [3.63, 3.8) is 0 Å². The fourth-order valence-corrected chi connectivity index (χ4v) is 2.19. The third-order valence-corrected chi connectivity index (χ3v) is 3.56. The number of fused-ring (bicyclic) bond motifs is 1. The average molecular weight is 326 g/mol. The summed E-state index contributed by atoms with van der Waals surface area (Å²) in [7, 11) is 1.55. The van der Waals surface area contributed by atoms with Gasteiger partial charge in [0.05, 0.1) is 35.5 Å². The number of nitrogens with zero attached hydrogens (tertiary/aromatic N) is 1. The Morgan fingerprint density at radius 2 is 2.21 bits per heavy atom. The van der Waals surface area contributed by atoms with Crippen LogP contribution in [0.2, 0.25) is 5.15 Å². The van der Waals surface area contributed by atoms with Crippen molar-refractivity contribution in [2.75, 3.05) is 7.11 Å². The summed E-state index contributed by atoms with van der Waals surface area (Å²) in [6.07, 6.45) is 0. The number of aromatic nitrogens is 1. The summed E-state index contributed by atoms with van der Waals surface area (Å²) in [4.78, 5) is 0. The van der Waals surface area contributed by atoms with Crippen LogP contribution in [0.15, 0.2) is 18.2 Å². The molecule has 0 spiro atoms. The van der Waals surface area contributed by atoms with Crippen molar-refractivity contribution < 1.29 is 9.13 Å². The van der Waals surface area contributed by atoms with Crippen molar-refractivity contribution in [3.05, 3.63) is 29.2 Å². The quantitative estimate of drug-likeness (QED) is 0.730. The van der Waals surface area contributed by atoms with Gasteiger partial charge in [-0.1, -0.05) is 11.6 Å². The molecule has 5 heteroatoms. The Balaban J connectivity index is 2.91. The standard InChI is InChI=1S/C9H6ClFINO/c1-14-7-3-2-6(11)9-5(7)4-8(10)13(9)12/h2-4H,1H3. The predicted molar refractivity (Wildman–Crippen MR) is 62.9 cm³/mol. The minimum absolute atomic E-state index is 0.304. The molecule has 0 N–H and O–H groups in total. The molecule has 0 aliphatic heterocycles. The normalized spacial score (nSPS) is 10.9. The molecule has 0 aliphatic rings. The molecule has 0 aliphatic carbocycles. The molecule has 1 aromatic heterocycles. The number of rotatable bonds is 1. The monoisotopic (exact) mass is 325 g/mol. The molecular weight excluding hydrogens is 319 g/mol. The molecule has 1 heterocycles. The van der Waals surface area contributed by atoms with Crippen LogP contribution in [0, 0.1) is 5.82 Å². The zero-order valence-electron chi connectivity index (χ0n) is 7.22. The van der Waals surface area contributed by atoms with E-state index in [9.17, 15) is 4.39 Å². The molecule has 0 saturated carbocycles. The van der Waals surface area contributed by atoms with Crippen LogP contribution in [0.1, 0.15) is 0 Å². The Bertz CT molecular complexity index is 497. The van der Waals surface area contributed by atoms with E-state index in [1.54, 1.807) is 22.0 Å². The average Bonchev–Trinajstić information content (AvgIpc) is 2.45. The third-order valence-electron chi connectivity index (χ3n) is 2.00. The fraction of sp³-hybridized carbons (Fsp3) is 0.111. The van der Waals surface area contributed by atoms with Gasteiger partial charge in [-0.2, -0.15) is 0 Å². The van der Waals surface area contributed by atoms with E-state index in [0.29, 0.717) is 21.8 Å². The maximum Gasteiger partial charge on any atom is 0.148 e. The number of halogens is 3. The first-order chi connectivity index (χ1) is 6.65. The first-order valence-corrected chi connectivity index (χ1v) is 5.19. The topological polar surface area (TPSA) is 14.2 Å². The molecular formula is C9H6ClFINO. The summed E-state index contributed by atoms with van der Waals surface area (Å²) in [5.74, 6) is 0.320. The Kier molecular flexibility index (Phi) is 2.57. The molecule has 2 aromatic rings. The Morgan fingerprint density at radius 3 is 2.86 bits per heavy atom.